The standard InChI is InChI=1S/C10H22N2O/c1-3-5-7-10(13)12-9(8-11)6-4-2/h9H,3-8,11H2,1-2H3,(H,12,13). The van der Waals surface area contributed by atoms with Crippen LogP contribution in [-0.4, -0.2) is 18.5 Å². The van der Waals surface area contributed by atoms with Crippen LogP contribution < -0.4 is 11.1 Å². The summed E-state index contributed by atoms with van der Waals surface area (Å²) in [5.74, 6) is 0.144. The average Bonchev–Trinajstić information content (AvgIpc) is 2.14. The summed E-state index contributed by atoms with van der Waals surface area (Å²) in [7, 11) is 0. The Morgan fingerprint density at radius 1 is 1.38 bits per heavy atom. The van der Waals surface area contributed by atoms with E-state index >= 15 is 0 Å². The molecule has 0 aromatic heterocycles. The molecule has 1 atom stereocenters. The smallest absolute Gasteiger partial charge is 0.220 e. The molecule has 3 N–H and O–H groups in total. The largest absolute Gasteiger partial charge is 0.352 e. The van der Waals surface area contributed by atoms with Crippen molar-refractivity contribution in [3.63, 3.8) is 0 Å². The summed E-state index contributed by atoms with van der Waals surface area (Å²) in [6.07, 6.45) is 4.71. The molecular weight excluding hydrogens is 164 g/mol. The van der Waals surface area contributed by atoms with E-state index in [1.807, 2.05) is 0 Å². The molecule has 0 radical (unpaired) electrons. The van der Waals surface area contributed by atoms with Gasteiger partial charge >= 0.3 is 0 Å². The third-order valence-corrected chi connectivity index (χ3v) is 2.04. The zero-order valence-electron chi connectivity index (χ0n) is 8.81. The maximum absolute atomic E-state index is 11.3. The molecule has 0 saturated carbocycles. The van der Waals surface area contributed by atoms with Gasteiger partial charge in [0.2, 0.25) is 5.91 Å². The summed E-state index contributed by atoms with van der Waals surface area (Å²) in [5, 5.41) is 2.94. The Morgan fingerprint density at radius 3 is 2.54 bits per heavy atom. The number of unbranched alkanes of at least 4 members (excludes halogenated alkanes) is 1. The first-order chi connectivity index (χ1) is 6.24. The molecular formula is C10H22N2O. The number of carbonyl (C=O) groups is 1. The fourth-order valence-corrected chi connectivity index (χ4v) is 1.23. The molecule has 0 aliphatic heterocycles. The summed E-state index contributed by atoms with van der Waals surface area (Å²) >= 11 is 0. The van der Waals surface area contributed by atoms with Crippen molar-refractivity contribution in [3.05, 3.63) is 0 Å². The van der Waals surface area contributed by atoms with Crippen LogP contribution in [0.1, 0.15) is 46.0 Å². The molecule has 0 heterocycles. The second-order valence-corrected chi connectivity index (χ2v) is 3.39. The molecule has 1 amide bonds. The highest BCUT2D eigenvalue weighted by Gasteiger charge is 2.08. The molecule has 1 unspecified atom stereocenters. The van der Waals surface area contributed by atoms with Gasteiger partial charge in [-0.1, -0.05) is 26.7 Å². The van der Waals surface area contributed by atoms with Gasteiger partial charge in [-0.2, -0.15) is 0 Å². The molecule has 3 nitrogen and oxygen atoms in total. The lowest BCUT2D eigenvalue weighted by molar-refractivity contribution is -0.121. The predicted molar refractivity (Wildman–Crippen MR) is 55.4 cm³/mol. The molecule has 0 aromatic carbocycles. The fourth-order valence-electron chi connectivity index (χ4n) is 1.23. The van der Waals surface area contributed by atoms with Crippen molar-refractivity contribution in [1.29, 1.82) is 0 Å². The van der Waals surface area contributed by atoms with Crippen molar-refractivity contribution in [2.45, 2.75) is 52.0 Å². The summed E-state index contributed by atoms with van der Waals surface area (Å²) in [6, 6.07) is 0.175. The van der Waals surface area contributed by atoms with Crippen molar-refractivity contribution >= 4 is 5.91 Å². The molecule has 3 heteroatoms. The molecule has 0 saturated heterocycles. The second kappa shape index (κ2) is 8.05. The highest BCUT2D eigenvalue weighted by Crippen LogP contribution is 1.98. The van der Waals surface area contributed by atoms with Crippen molar-refractivity contribution < 1.29 is 4.79 Å². The minimum absolute atomic E-state index is 0.144. The number of nitrogens with two attached hydrogens (primary N) is 1. The Balaban J connectivity index is 3.60. The van der Waals surface area contributed by atoms with Crippen molar-refractivity contribution in [2.75, 3.05) is 6.54 Å². The lowest BCUT2D eigenvalue weighted by atomic mass is 10.1. The van der Waals surface area contributed by atoms with E-state index in [4.69, 9.17) is 5.73 Å². The zero-order chi connectivity index (χ0) is 10.1. The molecule has 0 aliphatic carbocycles. The number of nitrogens with one attached hydrogen (secondary N) is 1. The third-order valence-electron chi connectivity index (χ3n) is 2.04. The number of amides is 1. The summed E-state index contributed by atoms with van der Waals surface area (Å²) in [5.41, 5.74) is 5.52. The summed E-state index contributed by atoms with van der Waals surface area (Å²) < 4.78 is 0. The van der Waals surface area contributed by atoms with Crippen LogP contribution in [0.25, 0.3) is 0 Å². The molecule has 78 valence electrons. The summed E-state index contributed by atoms with van der Waals surface area (Å²) in [4.78, 5) is 11.3. The Labute approximate surface area is 81.1 Å². The Kier molecular flexibility index (Phi) is 7.69. The van der Waals surface area contributed by atoms with E-state index in [1.54, 1.807) is 0 Å². The lowest BCUT2D eigenvalue weighted by Crippen LogP contribution is -2.39. The molecule has 0 aliphatic rings. The van der Waals surface area contributed by atoms with Crippen LogP contribution in [0.4, 0.5) is 0 Å². The highest BCUT2D eigenvalue weighted by atomic mass is 16.1. The van der Waals surface area contributed by atoms with Gasteiger partial charge in [0.05, 0.1) is 0 Å². The van der Waals surface area contributed by atoms with Crippen LogP contribution >= 0.6 is 0 Å². The Hall–Kier alpha value is -0.570. The third kappa shape index (κ3) is 6.58. The number of hydrogen-bond donors (Lipinski definition) is 2. The first-order valence-electron chi connectivity index (χ1n) is 5.24. The molecule has 0 fully saturated rings. The minimum Gasteiger partial charge on any atom is -0.352 e. The maximum atomic E-state index is 11.3. The normalized spacial score (nSPS) is 12.5. The van der Waals surface area contributed by atoms with Crippen molar-refractivity contribution in [1.82, 2.24) is 5.32 Å². The van der Waals surface area contributed by atoms with Crippen LogP contribution in [-0.2, 0) is 4.79 Å². The van der Waals surface area contributed by atoms with Gasteiger partial charge in [-0.25, -0.2) is 0 Å². The van der Waals surface area contributed by atoms with Gasteiger partial charge in [-0.3, -0.25) is 4.79 Å². The molecule has 0 spiro atoms. The molecule has 13 heavy (non-hydrogen) atoms. The monoisotopic (exact) mass is 186 g/mol. The minimum atomic E-state index is 0.144. The first kappa shape index (κ1) is 12.4. The fraction of sp³-hybridized carbons (Fsp3) is 0.900. The van der Waals surface area contributed by atoms with Gasteiger partial charge in [0, 0.05) is 19.0 Å². The lowest BCUT2D eigenvalue weighted by Gasteiger charge is -2.15. The van der Waals surface area contributed by atoms with E-state index in [0.29, 0.717) is 13.0 Å². The van der Waals surface area contributed by atoms with Crippen LogP contribution in [0.2, 0.25) is 0 Å². The Bertz CT molecular complexity index is 137. The van der Waals surface area contributed by atoms with E-state index in [-0.39, 0.29) is 11.9 Å². The van der Waals surface area contributed by atoms with Gasteiger partial charge in [0.25, 0.3) is 0 Å². The first-order valence-corrected chi connectivity index (χ1v) is 5.24. The number of rotatable bonds is 7. The van der Waals surface area contributed by atoms with E-state index in [1.165, 1.54) is 0 Å². The maximum Gasteiger partial charge on any atom is 0.220 e. The highest BCUT2D eigenvalue weighted by molar-refractivity contribution is 5.76. The van der Waals surface area contributed by atoms with Gasteiger partial charge in [-0.15, -0.1) is 0 Å². The van der Waals surface area contributed by atoms with E-state index in [9.17, 15) is 4.79 Å². The molecule has 0 bridgehead atoms. The number of hydrogen-bond acceptors (Lipinski definition) is 2. The van der Waals surface area contributed by atoms with E-state index in [2.05, 4.69) is 19.2 Å². The van der Waals surface area contributed by atoms with Crippen LogP contribution in [0.15, 0.2) is 0 Å². The second-order valence-electron chi connectivity index (χ2n) is 3.39. The van der Waals surface area contributed by atoms with Gasteiger partial charge in [-0.05, 0) is 12.8 Å². The molecule has 0 aromatic rings. The topological polar surface area (TPSA) is 55.1 Å². The van der Waals surface area contributed by atoms with Crippen molar-refractivity contribution in [2.24, 2.45) is 5.73 Å². The SMILES string of the molecule is CCCCC(=O)NC(CN)CCC. The average molecular weight is 186 g/mol. The van der Waals surface area contributed by atoms with Gasteiger partial charge in [0.15, 0.2) is 0 Å². The summed E-state index contributed by atoms with van der Waals surface area (Å²) in [6.45, 7) is 4.73. The van der Waals surface area contributed by atoms with E-state index in [0.717, 1.165) is 25.7 Å². The van der Waals surface area contributed by atoms with Crippen LogP contribution in [0, 0.1) is 0 Å². The predicted octanol–water partition coefficient (Wildman–Crippen LogP) is 1.42. The van der Waals surface area contributed by atoms with Crippen LogP contribution in [0.3, 0.4) is 0 Å². The van der Waals surface area contributed by atoms with Gasteiger partial charge < -0.3 is 11.1 Å². The zero-order valence-corrected chi connectivity index (χ0v) is 8.81. The van der Waals surface area contributed by atoms with E-state index < -0.39 is 0 Å². The van der Waals surface area contributed by atoms with Crippen LogP contribution in [0.5, 0.6) is 0 Å². The number of carbonyl (C=O) groups excluding carboxylic acids is 1. The quantitative estimate of drug-likeness (QED) is 0.632. The van der Waals surface area contributed by atoms with Crippen molar-refractivity contribution in [3.8, 4) is 0 Å². The van der Waals surface area contributed by atoms with Gasteiger partial charge in [0.1, 0.15) is 0 Å². The molecule has 0 rings (SSSR count). The Morgan fingerprint density at radius 2 is 2.08 bits per heavy atom.